The van der Waals surface area contributed by atoms with Gasteiger partial charge in [-0.1, -0.05) is 11.8 Å². The van der Waals surface area contributed by atoms with Crippen LogP contribution in [0.25, 0.3) is 0 Å². The van der Waals surface area contributed by atoms with Crippen LogP contribution < -0.4 is 10.6 Å². The van der Waals surface area contributed by atoms with E-state index in [2.05, 4.69) is 10.6 Å². The number of thioether (sulfide) groups is 1. The second-order valence-electron chi connectivity index (χ2n) is 3.79. The summed E-state index contributed by atoms with van der Waals surface area (Å²) < 4.78 is 0. The zero-order chi connectivity index (χ0) is 11.4. The van der Waals surface area contributed by atoms with Crippen LogP contribution in [0.15, 0.2) is 0 Å². The average Bonchev–Trinajstić information content (AvgIpc) is 2.49. The molecule has 3 unspecified atom stereocenters. The molecule has 3 atom stereocenters. The Kier molecular flexibility index (Phi) is 4.41. The van der Waals surface area contributed by atoms with Gasteiger partial charge in [0.15, 0.2) is 0 Å². The number of carbonyl (C=O) groups is 2. The van der Waals surface area contributed by atoms with Crippen molar-refractivity contribution in [1.29, 1.82) is 0 Å². The first-order valence-corrected chi connectivity index (χ1v) is 5.89. The summed E-state index contributed by atoms with van der Waals surface area (Å²) in [4.78, 5) is 22.4. The number of hydrogen-bond donors (Lipinski definition) is 3. The number of aliphatic hydroxyl groups excluding tert-OH is 1. The predicted octanol–water partition coefficient (Wildman–Crippen LogP) is 0.0870. The van der Waals surface area contributed by atoms with Crippen LogP contribution in [0.3, 0.4) is 0 Å². The summed E-state index contributed by atoms with van der Waals surface area (Å²) in [6, 6.07) is -0.515. The molecule has 0 saturated carbocycles. The second kappa shape index (κ2) is 5.37. The van der Waals surface area contributed by atoms with Gasteiger partial charge >= 0.3 is 0 Å². The highest BCUT2D eigenvalue weighted by Crippen LogP contribution is 2.13. The van der Waals surface area contributed by atoms with Crippen molar-refractivity contribution in [3.05, 3.63) is 0 Å². The molecule has 1 heterocycles. The Morgan fingerprint density at radius 1 is 1.73 bits per heavy atom. The quantitative estimate of drug-likeness (QED) is 0.642. The standard InChI is InChI=1S/C9H16N2O3S/c1-5(3-6(2)12)10-8(13)7-4-15-9(14)11-7/h5-7,12H,3-4H2,1-2H3,(H,10,13)(H,11,14). The highest BCUT2D eigenvalue weighted by molar-refractivity contribution is 8.14. The summed E-state index contributed by atoms with van der Waals surface area (Å²) >= 11 is 1.11. The molecule has 0 radical (unpaired) electrons. The molecule has 0 spiro atoms. The van der Waals surface area contributed by atoms with Crippen molar-refractivity contribution in [3.63, 3.8) is 0 Å². The van der Waals surface area contributed by atoms with E-state index in [0.717, 1.165) is 11.8 Å². The lowest BCUT2D eigenvalue weighted by molar-refractivity contribution is -0.123. The molecule has 0 aromatic heterocycles. The van der Waals surface area contributed by atoms with Gasteiger partial charge in [0.1, 0.15) is 6.04 Å². The summed E-state index contributed by atoms with van der Waals surface area (Å²) in [6.45, 7) is 3.50. The predicted molar refractivity (Wildman–Crippen MR) is 58.7 cm³/mol. The maximum atomic E-state index is 11.6. The fraction of sp³-hybridized carbons (Fsp3) is 0.778. The van der Waals surface area contributed by atoms with Crippen LogP contribution in [0.2, 0.25) is 0 Å². The summed E-state index contributed by atoms with van der Waals surface area (Å²) in [5.41, 5.74) is 0. The molecule has 0 bridgehead atoms. The zero-order valence-electron chi connectivity index (χ0n) is 8.82. The van der Waals surface area contributed by atoms with Crippen LogP contribution in [0, 0.1) is 0 Å². The number of rotatable bonds is 4. The molecule has 0 aliphatic carbocycles. The van der Waals surface area contributed by atoms with E-state index < -0.39 is 12.1 Å². The molecule has 1 aliphatic heterocycles. The second-order valence-corrected chi connectivity index (χ2v) is 4.78. The number of hydrogen-bond acceptors (Lipinski definition) is 4. The maximum absolute atomic E-state index is 11.6. The lowest BCUT2D eigenvalue weighted by Crippen LogP contribution is -2.46. The first-order valence-electron chi connectivity index (χ1n) is 4.90. The summed E-state index contributed by atoms with van der Waals surface area (Å²) in [5.74, 6) is 0.299. The molecule has 5 nitrogen and oxygen atoms in total. The van der Waals surface area contributed by atoms with Crippen LogP contribution in [0.1, 0.15) is 20.3 Å². The Bertz CT molecular complexity index is 258. The number of amides is 2. The number of aliphatic hydroxyl groups is 1. The monoisotopic (exact) mass is 232 g/mol. The van der Waals surface area contributed by atoms with E-state index in [1.165, 1.54) is 0 Å². The Morgan fingerprint density at radius 3 is 2.87 bits per heavy atom. The molecule has 1 rings (SSSR count). The molecular formula is C9H16N2O3S. The zero-order valence-corrected chi connectivity index (χ0v) is 9.63. The van der Waals surface area contributed by atoms with Gasteiger partial charge < -0.3 is 15.7 Å². The van der Waals surface area contributed by atoms with Crippen molar-refractivity contribution in [1.82, 2.24) is 10.6 Å². The Labute approximate surface area is 93.0 Å². The van der Waals surface area contributed by atoms with Gasteiger partial charge in [-0.15, -0.1) is 0 Å². The molecular weight excluding hydrogens is 216 g/mol. The van der Waals surface area contributed by atoms with Crippen molar-refractivity contribution in [3.8, 4) is 0 Å². The molecule has 86 valence electrons. The Balaban J connectivity index is 2.32. The molecule has 15 heavy (non-hydrogen) atoms. The summed E-state index contributed by atoms with van der Waals surface area (Å²) in [6.07, 6.45) is 0.0763. The largest absolute Gasteiger partial charge is 0.393 e. The van der Waals surface area contributed by atoms with Gasteiger partial charge in [0.05, 0.1) is 6.10 Å². The van der Waals surface area contributed by atoms with Crippen molar-refractivity contribution in [2.75, 3.05) is 5.75 Å². The third-order valence-corrected chi connectivity index (χ3v) is 2.95. The highest BCUT2D eigenvalue weighted by Gasteiger charge is 2.28. The molecule has 6 heteroatoms. The van der Waals surface area contributed by atoms with Crippen molar-refractivity contribution in [2.45, 2.75) is 38.5 Å². The van der Waals surface area contributed by atoms with Gasteiger partial charge in [-0.2, -0.15) is 0 Å². The van der Waals surface area contributed by atoms with Crippen LogP contribution in [0.5, 0.6) is 0 Å². The Morgan fingerprint density at radius 2 is 2.40 bits per heavy atom. The minimum absolute atomic E-state index is 0.0833. The van der Waals surface area contributed by atoms with E-state index in [1.54, 1.807) is 6.92 Å². The Hall–Kier alpha value is -0.750. The van der Waals surface area contributed by atoms with Crippen molar-refractivity contribution >= 4 is 22.9 Å². The minimum Gasteiger partial charge on any atom is -0.393 e. The van der Waals surface area contributed by atoms with Crippen LogP contribution in [-0.2, 0) is 4.79 Å². The fourth-order valence-electron chi connectivity index (χ4n) is 1.44. The molecule has 1 saturated heterocycles. The summed E-state index contributed by atoms with van der Waals surface area (Å²) in [7, 11) is 0. The van der Waals surface area contributed by atoms with E-state index in [-0.39, 0.29) is 17.2 Å². The molecule has 2 amide bonds. The van der Waals surface area contributed by atoms with E-state index in [9.17, 15) is 9.59 Å². The van der Waals surface area contributed by atoms with Gasteiger partial charge in [0.2, 0.25) is 5.91 Å². The lowest BCUT2D eigenvalue weighted by atomic mass is 10.1. The minimum atomic E-state index is -0.437. The fourth-order valence-corrected chi connectivity index (χ4v) is 2.22. The molecule has 1 aliphatic rings. The van der Waals surface area contributed by atoms with E-state index in [1.807, 2.05) is 6.92 Å². The van der Waals surface area contributed by atoms with E-state index in [4.69, 9.17) is 5.11 Å². The van der Waals surface area contributed by atoms with Gasteiger partial charge in [0, 0.05) is 11.8 Å². The first-order chi connectivity index (χ1) is 6.99. The molecule has 0 aromatic rings. The number of carbonyl (C=O) groups excluding carboxylic acids is 2. The smallest absolute Gasteiger partial charge is 0.279 e. The molecule has 1 fully saturated rings. The van der Waals surface area contributed by atoms with Crippen molar-refractivity contribution in [2.24, 2.45) is 0 Å². The van der Waals surface area contributed by atoms with E-state index in [0.29, 0.717) is 12.2 Å². The molecule has 0 aromatic carbocycles. The normalized spacial score (nSPS) is 24.5. The topological polar surface area (TPSA) is 78.4 Å². The lowest BCUT2D eigenvalue weighted by Gasteiger charge is -2.17. The first kappa shape index (κ1) is 12.3. The third-order valence-electron chi connectivity index (χ3n) is 2.07. The SMILES string of the molecule is CC(O)CC(C)NC(=O)C1CSC(=O)N1. The average molecular weight is 232 g/mol. The van der Waals surface area contributed by atoms with Gasteiger partial charge in [-0.25, -0.2) is 0 Å². The maximum Gasteiger partial charge on any atom is 0.279 e. The van der Waals surface area contributed by atoms with Gasteiger partial charge in [0.25, 0.3) is 5.24 Å². The van der Waals surface area contributed by atoms with Crippen LogP contribution in [0.4, 0.5) is 4.79 Å². The summed E-state index contributed by atoms with van der Waals surface area (Å²) in [5, 5.41) is 14.3. The highest BCUT2D eigenvalue weighted by atomic mass is 32.2. The van der Waals surface area contributed by atoms with Gasteiger partial charge in [-0.05, 0) is 20.3 Å². The van der Waals surface area contributed by atoms with Gasteiger partial charge in [-0.3, -0.25) is 9.59 Å². The molecule has 3 N–H and O–H groups in total. The van der Waals surface area contributed by atoms with Crippen LogP contribution in [-0.4, -0.2) is 40.2 Å². The van der Waals surface area contributed by atoms with E-state index >= 15 is 0 Å². The van der Waals surface area contributed by atoms with Crippen LogP contribution >= 0.6 is 11.8 Å². The third kappa shape index (κ3) is 4.09. The number of nitrogens with one attached hydrogen (secondary N) is 2. The van der Waals surface area contributed by atoms with Crippen molar-refractivity contribution < 1.29 is 14.7 Å².